The zero-order valence-corrected chi connectivity index (χ0v) is 11.5. The van der Waals surface area contributed by atoms with Crippen molar-refractivity contribution < 1.29 is 9.31 Å². The average molecular weight is 250 g/mol. The van der Waals surface area contributed by atoms with E-state index in [1.165, 1.54) is 5.56 Å². The molecule has 2 rings (SSSR count). The van der Waals surface area contributed by atoms with Gasteiger partial charge < -0.3 is 9.31 Å². The van der Waals surface area contributed by atoms with E-state index >= 15 is 0 Å². The Morgan fingerprint density at radius 2 is 1.76 bits per heavy atom. The third kappa shape index (κ3) is 3.51. The predicted molar refractivity (Wildman–Crippen MR) is 74.7 cm³/mol. The Hall–Kier alpha value is -0.445. The highest BCUT2D eigenvalue weighted by Gasteiger charge is 2.33. The van der Waals surface area contributed by atoms with Crippen molar-refractivity contribution in [1.82, 2.24) is 0 Å². The molecule has 1 saturated heterocycles. The maximum Gasteiger partial charge on any atom is 0.493 e. The minimum absolute atomic E-state index is 0.134. The molecule has 4 heteroatoms. The van der Waals surface area contributed by atoms with Gasteiger partial charge in [0.05, 0.1) is 0 Å². The van der Waals surface area contributed by atoms with E-state index in [0.717, 1.165) is 24.4 Å². The molecule has 92 valence electrons. The van der Waals surface area contributed by atoms with Gasteiger partial charge in [0.15, 0.2) is 0 Å². The lowest BCUT2D eigenvalue weighted by atomic mass is 9.76. The standard InChI is InChI=1S/C13H19BO2S/c1-13(2)9-15-14(16-10-13)12-6-4-11(5-7-12)8-17-3/h4-7H,8-10H2,1-3H3. The van der Waals surface area contributed by atoms with Crippen LogP contribution >= 0.6 is 11.8 Å². The zero-order valence-electron chi connectivity index (χ0n) is 10.7. The van der Waals surface area contributed by atoms with Crippen LogP contribution in [0.4, 0.5) is 0 Å². The summed E-state index contributed by atoms with van der Waals surface area (Å²) < 4.78 is 11.5. The van der Waals surface area contributed by atoms with E-state index < -0.39 is 0 Å². The van der Waals surface area contributed by atoms with E-state index in [1.54, 1.807) is 0 Å². The Balaban J connectivity index is 1.99. The lowest BCUT2D eigenvalue weighted by molar-refractivity contribution is 0.0343. The molecule has 0 aliphatic carbocycles. The van der Waals surface area contributed by atoms with Crippen LogP contribution in [-0.4, -0.2) is 26.6 Å². The van der Waals surface area contributed by atoms with Gasteiger partial charge in [0, 0.05) is 24.4 Å². The van der Waals surface area contributed by atoms with Crippen molar-refractivity contribution in [2.24, 2.45) is 5.41 Å². The molecule has 0 saturated carbocycles. The molecule has 1 aliphatic heterocycles. The smallest absolute Gasteiger partial charge is 0.407 e. The molecule has 0 bridgehead atoms. The quantitative estimate of drug-likeness (QED) is 0.767. The Morgan fingerprint density at radius 3 is 2.29 bits per heavy atom. The summed E-state index contributed by atoms with van der Waals surface area (Å²) in [6.45, 7) is 5.82. The molecule has 0 atom stereocenters. The minimum Gasteiger partial charge on any atom is -0.407 e. The molecule has 0 radical (unpaired) electrons. The zero-order chi connectivity index (χ0) is 12.3. The fourth-order valence-corrected chi connectivity index (χ4v) is 2.35. The van der Waals surface area contributed by atoms with E-state index in [-0.39, 0.29) is 12.5 Å². The van der Waals surface area contributed by atoms with Crippen LogP contribution in [0.2, 0.25) is 0 Å². The van der Waals surface area contributed by atoms with E-state index in [0.29, 0.717) is 0 Å². The van der Waals surface area contributed by atoms with Gasteiger partial charge in [-0.25, -0.2) is 0 Å². The summed E-state index contributed by atoms with van der Waals surface area (Å²) in [7, 11) is -0.189. The second-order valence-corrected chi connectivity index (χ2v) is 6.16. The van der Waals surface area contributed by atoms with Gasteiger partial charge in [-0.3, -0.25) is 0 Å². The molecule has 0 aromatic heterocycles. The fraction of sp³-hybridized carbons (Fsp3) is 0.538. The second kappa shape index (κ2) is 5.47. The van der Waals surface area contributed by atoms with Gasteiger partial charge in [0.2, 0.25) is 0 Å². The van der Waals surface area contributed by atoms with Crippen molar-refractivity contribution in [3.63, 3.8) is 0 Å². The second-order valence-electron chi connectivity index (χ2n) is 5.29. The van der Waals surface area contributed by atoms with Crippen molar-refractivity contribution in [2.75, 3.05) is 19.5 Å². The summed E-state index contributed by atoms with van der Waals surface area (Å²) in [4.78, 5) is 0. The van der Waals surface area contributed by atoms with E-state index in [4.69, 9.17) is 9.31 Å². The van der Waals surface area contributed by atoms with Crippen LogP contribution < -0.4 is 5.46 Å². The van der Waals surface area contributed by atoms with Gasteiger partial charge in [0.1, 0.15) is 0 Å². The molecular weight excluding hydrogens is 231 g/mol. The normalized spacial score (nSPS) is 19.4. The largest absolute Gasteiger partial charge is 0.493 e. The van der Waals surface area contributed by atoms with Crippen LogP contribution in [0.3, 0.4) is 0 Å². The summed E-state index contributed by atoms with van der Waals surface area (Å²) >= 11 is 1.83. The summed E-state index contributed by atoms with van der Waals surface area (Å²) in [6, 6.07) is 8.51. The minimum atomic E-state index is -0.189. The SMILES string of the molecule is CSCc1ccc(B2OCC(C)(C)CO2)cc1. The van der Waals surface area contributed by atoms with Gasteiger partial charge in [-0.2, -0.15) is 11.8 Å². The Bertz CT molecular complexity index is 354. The molecule has 1 heterocycles. The maximum atomic E-state index is 5.75. The molecular formula is C13H19BO2S. The van der Waals surface area contributed by atoms with Crippen LogP contribution in [-0.2, 0) is 15.1 Å². The molecule has 2 nitrogen and oxygen atoms in total. The van der Waals surface area contributed by atoms with Crippen molar-refractivity contribution in [3.05, 3.63) is 29.8 Å². The Morgan fingerprint density at radius 1 is 1.18 bits per heavy atom. The summed E-state index contributed by atoms with van der Waals surface area (Å²) in [5.74, 6) is 1.06. The molecule has 1 aliphatic rings. The van der Waals surface area contributed by atoms with Gasteiger partial charge in [-0.1, -0.05) is 38.1 Å². The van der Waals surface area contributed by atoms with Crippen LogP contribution in [0.5, 0.6) is 0 Å². The summed E-state index contributed by atoms with van der Waals surface area (Å²) in [5, 5.41) is 0. The highest BCUT2D eigenvalue weighted by molar-refractivity contribution is 7.97. The first-order chi connectivity index (χ1) is 8.11. The van der Waals surface area contributed by atoms with Gasteiger partial charge in [0.25, 0.3) is 0 Å². The van der Waals surface area contributed by atoms with Crippen molar-refractivity contribution in [3.8, 4) is 0 Å². The molecule has 0 unspecified atom stereocenters. The highest BCUT2D eigenvalue weighted by atomic mass is 32.2. The number of hydrogen-bond donors (Lipinski definition) is 0. The molecule has 0 spiro atoms. The fourth-order valence-electron chi connectivity index (χ4n) is 1.82. The lowest BCUT2D eigenvalue weighted by Crippen LogP contribution is -2.47. The predicted octanol–water partition coefficient (Wildman–Crippen LogP) is 2.32. The van der Waals surface area contributed by atoms with Crippen molar-refractivity contribution in [1.29, 1.82) is 0 Å². The van der Waals surface area contributed by atoms with Crippen molar-refractivity contribution in [2.45, 2.75) is 19.6 Å². The van der Waals surface area contributed by atoms with Crippen molar-refractivity contribution >= 4 is 24.3 Å². The van der Waals surface area contributed by atoms with Crippen LogP contribution in [0.25, 0.3) is 0 Å². The van der Waals surface area contributed by atoms with E-state index in [9.17, 15) is 0 Å². The van der Waals surface area contributed by atoms with E-state index in [1.807, 2.05) is 11.8 Å². The highest BCUT2D eigenvalue weighted by Crippen LogP contribution is 2.21. The monoisotopic (exact) mass is 250 g/mol. The van der Waals surface area contributed by atoms with Gasteiger partial charge in [-0.15, -0.1) is 0 Å². The number of thioether (sulfide) groups is 1. The molecule has 1 aromatic carbocycles. The van der Waals surface area contributed by atoms with Gasteiger partial charge in [-0.05, 0) is 17.3 Å². The summed E-state index contributed by atoms with van der Waals surface area (Å²) in [6.07, 6.45) is 2.11. The van der Waals surface area contributed by atoms with Crippen LogP contribution in [0.1, 0.15) is 19.4 Å². The lowest BCUT2D eigenvalue weighted by Gasteiger charge is -2.33. The molecule has 1 fully saturated rings. The molecule has 0 amide bonds. The van der Waals surface area contributed by atoms with Crippen LogP contribution in [0, 0.1) is 5.41 Å². The number of hydrogen-bond acceptors (Lipinski definition) is 3. The first kappa shape index (κ1) is 13.0. The number of benzene rings is 1. The first-order valence-electron chi connectivity index (χ1n) is 5.92. The molecule has 1 aromatic rings. The van der Waals surface area contributed by atoms with Gasteiger partial charge >= 0.3 is 7.12 Å². The van der Waals surface area contributed by atoms with Crippen LogP contribution in [0.15, 0.2) is 24.3 Å². The molecule has 0 N–H and O–H groups in total. The third-order valence-corrected chi connectivity index (χ3v) is 3.44. The number of rotatable bonds is 3. The maximum absolute atomic E-state index is 5.75. The average Bonchev–Trinajstić information content (AvgIpc) is 2.31. The Labute approximate surface area is 108 Å². The topological polar surface area (TPSA) is 18.5 Å². The Kier molecular flexibility index (Phi) is 4.18. The third-order valence-electron chi connectivity index (χ3n) is 2.81. The molecule has 17 heavy (non-hydrogen) atoms. The first-order valence-corrected chi connectivity index (χ1v) is 7.31. The van der Waals surface area contributed by atoms with E-state index in [2.05, 4.69) is 44.4 Å². The summed E-state index contributed by atoms with van der Waals surface area (Å²) in [5.41, 5.74) is 2.60.